The Labute approximate surface area is 209 Å². The highest BCUT2D eigenvalue weighted by atomic mass is 16.5. The molecule has 36 heavy (non-hydrogen) atoms. The second kappa shape index (κ2) is 12.0. The summed E-state index contributed by atoms with van der Waals surface area (Å²) in [6.07, 6.45) is -0.377. The number of hydrogen-bond acceptors (Lipinski definition) is 5. The number of carbonyl (C=O) groups is 3. The maximum atomic E-state index is 12.2. The van der Waals surface area contributed by atoms with E-state index in [9.17, 15) is 14.4 Å². The van der Waals surface area contributed by atoms with Crippen molar-refractivity contribution in [1.82, 2.24) is 10.6 Å². The largest absolute Gasteiger partial charge is 0.449 e. The number of nitrogens with one attached hydrogen (secondary N) is 3. The van der Waals surface area contributed by atoms with E-state index in [1.165, 1.54) is 0 Å². The molecule has 0 radical (unpaired) electrons. The lowest BCUT2D eigenvalue weighted by Gasteiger charge is -2.14. The van der Waals surface area contributed by atoms with Crippen LogP contribution in [0.2, 0.25) is 0 Å². The fourth-order valence-corrected chi connectivity index (χ4v) is 4.25. The number of anilines is 1. The van der Waals surface area contributed by atoms with Crippen molar-refractivity contribution in [3.8, 4) is 11.1 Å². The molecule has 0 heterocycles. The van der Waals surface area contributed by atoms with Gasteiger partial charge in [0.05, 0.1) is 6.61 Å². The van der Waals surface area contributed by atoms with E-state index in [1.807, 2.05) is 24.3 Å². The number of aliphatic hydroxyl groups excluding tert-OH is 1. The Kier molecular flexibility index (Phi) is 8.31. The van der Waals surface area contributed by atoms with Crippen LogP contribution in [-0.4, -0.2) is 42.7 Å². The minimum absolute atomic E-state index is 0.0230. The smallest absolute Gasteiger partial charge is 0.407 e. The first-order chi connectivity index (χ1) is 17.5. The van der Waals surface area contributed by atoms with Gasteiger partial charge in [-0.05, 0) is 39.9 Å². The van der Waals surface area contributed by atoms with Gasteiger partial charge in [-0.1, -0.05) is 60.7 Å². The Morgan fingerprint density at radius 2 is 1.33 bits per heavy atom. The highest BCUT2D eigenvalue weighted by Gasteiger charge is 2.28. The van der Waals surface area contributed by atoms with Crippen LogP contribution in [-0.2, 0) is 20.9 Å². The molecule has 1 aliphatic rings. The first-order valence-electron chi connectivity index (χ1n) is 11.9. The maximum absolute atomic E-state index is 12.2. The number of benzene rings is 3. The zero-order valence-corrected chi connectivity index (χ0v) is 19.8. The minimum Gasteiger partial charge on any atom is -0.449 e. The second-order valence-corrected chi connectivity index (χ2v) is 8.51. The summed E-state index contributed by atoms with van der Waals surface area (Å²) in [5.74, 6) is -0.525. The molecule has 0 atom stereocenters. The molecule has 0 saturated heterocycles. The number of carbonyl (C=O) groups excluding carboxylic acids is 3. The van der Waals surface area contributed by atoms with Crippen LogP contribution in [0.15, 0.2) is 72.8 Å². The molecular weight excluding hydrogens is 458 g/mol. The topological polar surface area (TPSA) is 117 Å². The van der Waals surface area contributed by atoms with Crippen LogP contribution in [0.1, 0.15) is 35.4 Å². The average molecular weight is 488 g/mol. The van der Waals surface area contributed by atoms with Crippen molar-refractivity contribution in [2.75, 3.05) is 25.0 Å². The standard InChI is InChI=1S/C28H29N3O5/c32-17-19-9-11-20(12-10-19)31-27(34)14-15-29-26(33)13-16-30-28(35)36-18-25-23-7-3-1-5-21(23)22-6-2-4-8-24(22)25/h1-12,25,32H,13-18H2,(H,29,33)(H,30,35)(H,31,34). The molecule has 4 N–H and O–H groups in total. The normalized spacial score (nSPS) is 11.8. The van der Waals surface area contributed by atoms with Gasteiger partial charge in [0.15, 0.2) is 0 Å². The Hall–Kier alpha value is -4.17. The Morgan fingerprint density at radius 3 is 1.97 bits per heavy atom. The molecule has 3 aromatic carbocycles. The van der Waals surface area contributed by atoms with Crippen LogP contribution in [0.25, 0.3) is 11.1 Å². The third-order valence-corrected chi connectivity index (χ3v) is 6.06. The summed E-state index contributed by atoms with van der Waals surface area (Å²) in [6, 6.07) is 23.1. The zero-order valence-electron chi connectivity index (χ0n) is 19.8. The van der Waals surface area contributed by atoms with E-state index in [-0.39, 0.29) is 56.9 Å². The lowest BCUT2D eigenvalue weighted by Crippen LogP contribution is -2.33. The molecule has 3 amide bonds. The van der Waals surface area contributed by atoms with Crippen LogP contribution in [0.4, 0.5) is 10.5 Å². The number of alkyl carbamates (subject to hydrolysis) is 1. The second-order valence-electron chi connectivity index (χ2n) is 8.51. The van der Waals surface area contributed by atoms with Crippen molar-refractivity contribution in [2.24, 2.45) is 0 Å². The average Bonchev–Trinajstić information content (AvgIpc) is 3.21. The molecule has 0 aliphatic heterocycles. The van der Waals surface area contributed by atoms with Gasteiger partial charge in [-0.15, -0.1) is 0 Å². The summed E-state index contributed by atoms with van der Waals surface area (Å²) in [7, 11) is 0. The van der Waals surface area contributed by atoms with Gasteiger partial charge < -0.3 is 25.8 Å². The van der Waals surface area contributed by atoms with Gasteiger partial charge in [-0.25, -0.2) is 4.79 Å². The molecular formula is C28H29N3O5. The number of rotatable bonds is 10. The lowest BCUT2D eigenvalue weighted by atomic mass is 9.98. The number of aliphatic hydroxyl groups is 1. The molecule has 8 heteroatoms. The molecule has 186 valence electrons. The molecule has 3 aromatic rings. The van der Waals surface area contributed by atoms with Gasteiger partial charge >= 0.3 is 6.09 Å². The van der Waals surface area contributed by atoms with E-state index in [0.717, 1.165) is 27.8 Å². The molecule has 0 saturated carbocycles. The summed E-state index contributed by atoms with van der Waals surface area (Å²) >= 11 is 0. The van der Waals surface area contributed by atoms with Gasteiger partial charge in [-0.2, -0.15) is 0 Å². The molecule has 0 spiro atoms. The summed E-state index contributed by atoms with van der Waals surface area (Å²) < 4.78 is 5.46. The van der Waals surface area contributed by atoms with E-state index in [2.05, 4.69) is 40.2 Å². The van der Waals surface area contributed by atoms with Gasteiger partial charge in [0.25, 0.3) is 0 Å². The van der Waals surface area contributed by atoms with E-state index in [4.69, 9.17) is 9.84 Å². The molecule has 4 rings (SSSR count). The molecule has 0 bridgehead atoms. The summed E-state index contributed by atoms with van der Waals surface area (Å²) in [4.78, 5) is 36.2. The van der Waals surface area contributed by atoms with Crippen molar-refractivity contribution in [2.45, 2.75) is 25.4 Å². The third kappa shape index (κ3) is 6.28. The summed E-state index contributed by atoms with van der Waals surface area (Å²) in [5, 5.41) is 17.1. The molecule has 1 aliphatic carbocycles. The monoisotopic (exact) mass is 487 g/mol. The van der Waals surface area contributed by atoms with Crippen LogP contribution in [0.3, 0.4) is 0 Å². The number of fused-ring (bicyclic) bond motifs is 3. The van der Waals surface area contributed by atoms with Crippen molar-refractivity contribution in [1.29, 1.82) is 0 Å². The Bertz CT molecular complexity index is 1180. The number of amides is 3. The minimum atomic E-state index is -0.573. The summed E-state index contributed by atoms with van der Waals surface area (Å²) in [5.41, 5.74) is 5.97. The molecule has 0 aromatic heterocycles. The van der Waals surface area contributed by atoms with Crippen LogP contribution < -0.4 is 16.0 Å². The quantitative estimate of drug-likeness (QED) is 0.349. The van der Waals surface area contributed by atoms with Crippen LogP contribution >= 0.6 is 0 Å². The summed E-state index contributed by atoms with van der Waals surface area (Å²) in [6.45, 7) is 0.469. The van der Waals surface area contributed by atoms with E-state index >= 15 is 0 Å². The highest BCUT2D eigenvalue weighted by Crippen LogP contribution is 2.44. The van der Waals surface area contributed by atoms with E-state index in [1.54, 1.807) is 24.3 Å². The van der Waals surface area contributed by atoms with Crippen molar-refractivity contribution in [3.63, 3.8) is 0 Å². The first kappa shape index (κ1) is 24.9. The Balaban J connectivity index is 1.13. The van der Waals surface area contributed by atoms with Gasteiger partial charge in [0.2, 0.25) is 11.8 Å². The Morgan fingerprint density at radius 1 is 0.750 bits per heavy atom. The van der Waals surface area contributed by atoms with Crippen molar-refractivity contribution >= 4 is 23.6 Å². The number of hydrogen-bond donors (Lipinski definition) is 4. The predicted molar refractivity (Wildman–Crippen MR) is 136 cm³/mol. The van der Waals surface area contributed by atoms with Crippen LogP contribution in [0, 0.1) is 0 Å². The van der Waals surface area contributed by atoms with Gasteiger partial charge in [0, 0.05) is 37.5 Å². The fraction of sp³-hybridized carbons (Fsp3) is 0.250. The highest BCUT2D eigenvalue weighted by molar-refractivity contribution is 5.91. The van der Waals surface area contributed by atoms with Crippen molar-refractivity contribution < 1.29 is 24.2 Å². The molecule has 8 nitrogen and oxygen atoms in total. The van der Waals surface area contributed by atoms with Crippen molar-refractivity contribution in [3.05, 3.63) is 89.5 Å². The lowest BCUT2D eigenvalue weighted by molar-refractivity contribution is -0.121. The maximum Gasteiger partial charge on any atom is 0.407 e. The van der Waals surface area contributed by atoms with E-state index in [0.29, 0.717) is 5.69 Å². The van der Waals surface area contributed by atoms with Crippen LogP contribution in [0.5, 0.6) is 0 Å². The molecule has 0 fully saturated rings. The first-order valence-corrected chi connectivity index (χ1v) is 11.9. The van der Waals surface area contributed by atoms with Gasteiger partial charge in [0.1, 0.15) is 6.61 Å². The third-order valence-electron chi connectivity index (χ3n) is 6.06. The van der Waals surface area contributed by atoms with Gasteiger partial charge in [-0.3, -0.25) is 9.59 Å². The fourth-order valence-electron chi connectivity index (χ4n) is 4.25. The number of ether oxygens (including phenoxy) is 1. The predicted octanol–water partition coefficient (Wildman–Crippen LogP) is 3.55. The SMILES string of the molecule is O=C(CCNC(=O)OCC1c2ccccc2-c2ccccc21)NCCC(=O)Nc1ccc(CO)cc1. The van der Waals surface area contributed by atoms with E-state index < -0.39 is 6.09 Å². The zero-order chi connectivity index (χ0) is 25.3. The molecule has 0 unspecified atom stereocenters.